The fraction of sp³-hybridized carbons (Fsp3) is 0. The molecule has 0 saturated carbocycles. The maximum atomic E-state index is 12.9. The maximum absolute atomic E-state index is 12.9. The Morgan fingerprint density at radius 1 is 1.43 bits per heavy atom. The average molecular weight is 215 g/mol. The van der Waals surface area contributed by atoms with Gasteiger partial charge >= 0.3 is 0 Å². The smallest absolute Gasteiger partial charge is 0.239 e. The number of nitrogens with zero attached hydrogens (tertiary/aromatic N) is 2. The monoisotopic (exact) mass is 215 g/mol. The lowest BCUT2D eigenvalue weighted by Gasteiger charge is -1.98. The van der Waals surface area contributed by atoms with Gasteiger partial charge < -0.3 is 4.40 Å². The van der Waals surface area contributed by atoms with Crippen molar-refractivity contribution in [1.29, 1.82) is 0 Å². The van der Waals surface area contributed by atoms with Crippen LogP contribution in [0.4, 0.5) is 4.39 Å². The SMILES string of the molecule is NS(=O)(=O)c1ccc2c(F)ncn2c1. The molecule has 0 fully saturated rings. The first kappa shape index (κ1) is 9.10. The number of halogens is 1. The number of imidazole rings is 1. The third kappa shape index (κ3) is 1.36. The number of aromatic nitrogens is 2. The fourth-order valence-corrected chi connectivity index (χ4v) is 1.63. The van der Waals surface area contributed by atoms with Crippen molar-refractivity contribution >= 4 is 15.5 Å². The van der Waals surface area contributed by atoms with Crippen LogP contribution in [-0.2, 0) is 10.0 Å². The maximum Gasteiger partial charge on any atom is 0.239 e. The van der Waals surface area contributed by atoms with Gasteiger partial charge in [0, 0.05) is 6.20 Å². The highest BCUT2D eigenvalue weighted by molar-refractivity contribution is 7.89. The summed E-state index contributed by atoms with van der Waals surface area (Å²) in [6.07, 6.45) is 2.39. The molecule has 0 atom stereocenters. The first-order valence-corrected chi connectivity index (χ1v) is 5.18. The van der Waals surface area contributed by atoms with Crippen LogP contribution in [-0.4, -0.2) is 17.8 Å². The van der Waals surface area contributed by atoms with E-state index in [-0.39, 0.29) is 10.4 Å². The molecule has 0 amide bonds. The van der Waals surface area contributed by atoms with Crippen molar-refractivity contribution in [3.05, 3.63) is 30.6 Å². The summed E-state index contributed by atoms with van der Waals surface area (Å²) in [7, 11) is -3.76. The van der Waals surface area contributed by atoms with E-state index in [4.69, 9.17) is 5.14 Å². The third-order valence-electron chi connectivity index (χ3n) is 1.79. The van der Waals surface area contributed by atoms with Crippen LogP contribution in [0.1, 0.15) is 0 Å². The van der Waals surface area contributed by atoms with Gasteiger partial charge in [0.2, 0.25) is 16.0 Å². The molecule has 0 spiro atoms. The molecule has 0 saturated heterocycles. The fourth-order valence-electron chi connectivity index (χ4n) is 1.11. The van der Waals surface area contributed by atoms with Crippen LogP contribution in [0.25, 0.3) is 5.52 Å². The predicted molar refractivity (Wildman–Crippen MR) is 46.5 cm³/mol. The number of hydrogen-bond acceptors (Lipinski definition) is 3. The highest BCUT2D eigenvalue weighted by Crippen LogP contribution is 2.12. The molecular formula is C7H6FN3O2S. The van der Waals surface area contributed by atoms with E-state index in [1.807, 2.05) is 0 Å². The van der Waals surface area contributed by atoms with E-state index in [9.17, 15) is 12.8 Å². The summed E-state index contributed by atoms with van der Waals surface area (Å²) < 4.78 is 36.0. The van der Waals surface area contributed by atoms with Crippen molar-refractivity contribution in [2.45, 2.75) is 4.90 Å². The van der Waals surface area contributed by atoms with Crippen molar-refractivity contribution in [2.24, 2.45) is 5.14 Å². The van der Waals surface area contributed by atoms with E-state index in [1.165, 1.54) is 29.1 Å². The second kappa shape index (κ2) is 2.76. The highest BCUT2D eigenvalue weighted by Gasteiger charge is 2.10. The lowest BCUT2D eigenvalue weighted by Crippen LogP contribution is -2.12. The van der Waals surface area contributed by atoms with Gasteiger partial charge in [-0.05, 0) is 12.1 Å². The average Bonchev–Trinajstić information content (AvgIpc) is 2.46. The molecule has 0 aliphatic rings. The number of sulfonamides is 1. The van der Waals surface area contributed by atoms with E-state index < -0.39 is 16.0 Å². The minimum absolute atomic E-state index is 0.0811. The second-order valence-electron chi connectivity index (χ2n) is 2.74. The largest absolute Gasteiger partial charge is 0.302 e. The van der Waals surface area contributed by atoms with Gasteiger partial charge in [-0.1, -0.05) is 0 Å². The Morgan fingerprint density at radius 2 is 2.14 bits per heavy atom. The van der Waals surface area contributed by atoms with Crippen LogP contribution in [0.3, 0.4) is 0 Å². The molecule has 74 valence electrons. The molecule has 2 aromatic rings. The summed E-state index contributed by atoms with van der Waals surface area (Å²) in [4.78, 5) is 3.30. The molecule has 0 radical (unpaired) electrons. The minimum atomic E-state index is -3.76. The summed E-state index contributed by atoms with van der Waals surface area (Å²) in [6, 6.07) is 2.54. The predicted octanol–water partition coefficient (Wildman–Crippen LogP) is 0.121. The molecule has 2 N–H and O–H groups in total. The molecule has 0 bridgehead atoms. The highest BCUT2D eigenvalue weighted by atomic mass is 32.2. The van der Waals surface area contributed by atoms with E-state index >= 15 is 0 Å². The van der Waals surface area contributed by atoms with Crippen molar-refractivity contribution in [3.63, 3.8) is 0 Å². The number of hydrogen-bond donors (Lipinski definition) is 1. The topological polar surface area (TPSA) is 77.5 Å². The zero-order valence-corrected chi connectivity index (χ0v) is 7.70. The van der Waals surface area contributed by atoms with Crippen LogP contribution in [0, 0.1) is 5.95 Å². The number of fused-ring (bicyclic) bond motifs is 1. The Bertz CT molecular complexity index is 590. The molecule has 0 aromatic carbocycles. The second-order valence-corrected chi connectivity index (χ2v) is 4.30. The number of nitrogens with two attached hydrogens (primary N) is 1. The summed E-state index contributed by atoms with van der Waals surface area (Å²) in [5.74, 6) is -0.647. The first-order chi connectivity index (χ1) is 6.48. The third-order valence-corrected chi connectivity index (χ3v) is 2.68. The van der Waals surface area contributed by atoms with E-state index in [0.29, 0.717) is 0 Å². The number of rotatable bonds is 1. The van der Waals surface area contributed by atoms with Crippen molar-refractivity contribution in [2.75, 3.05) is 0 Å². The Kier molecular flexibility index (Phi) is 1.79. The zero-order chi connectivity index (χ0) is 10.3. The molecule has 0 aliphatic heterocycles. The van der Waals surface area contributed by atoms with Crippen LogP contribution >= 0.6 is 0 Å². The number of primary sulfonamides is 1. The van der Waals surface area contributed by atoms with Gasteiger partial charge in [-0.2, -0.15) is 4.39 Å². The molecule has 14 heavy (non-hydrogen) atoms. The van der Waals surface area contributed by atoms with Gasteiger partial charge in [-0.25, -0.2) is 18.5 Å². The van der Waals surface area contributed by atoms with Gasteiger partial charge in [-0.3, -0.25) is 0 Å². The Hall–Kier alpha value is -1.47. The van der Waals surface area contributed by atoms with Gasteiger partial charge in [0.05, 0.1) is 4.90 Å². The molecule has 2 aromatic heterocycles. The quantitative estimate of drug-likeness (QED) is 0.734. The van der Waals surface area contributed by atoms with Crippen molar-refractivity contribution in [1.82, 2.24) is 9.38 Å². The molecule has 0 unspecified atom stereocenters. The number of pyridine rings is 1. The van der Waals surface area contributed by atoms with Gasteiger partial charge in [0.15, 0.2) is 0 Å². The molecule has 5 nitrogen and oxygen atoms in total. The van der Waals surface area contributed by atoms with Crippen molar-refractivity contribution in [3.8, 4) is 0 Å². The standard InChI is InChI=1S/C7H6FN3O2S/c8-7-6-2-1-5(14(9,12)13)3-11(6)4-10-7/h1-4H,(H2,9,12,13). The molecule has 2 rings (SSSR count). The summed E-state index contributed by atoms with van der Waals surface area (Å²) >= 11 is 0. The van der Waals surface area contributed by atoms with Crippen LogP contribution < -0.4 is 5.14 Å². The summed E-state index contributed by atoms with van der Waals surface area (Å²) in [5, 5.41) is 4.90. The zero-order valence-electron chi connectivity index (χ0n) is 6.88. The van der Waals surface area contributed by atoms with Crippen LogP contribution in [0.2, 0.25) is 0 Å². The van der Waals surface area contributed by atoms with Crippen LogP contribution in [0.5, 0.6) is 0 Å². The van der Waals surface area contributed by atoms with Crippen molar-refractivity contribution < 1.29 is 12.8 Å². The van der Waals surface area contributed by atoms with Crippen LogP contribution in [0.15, 0.2) is 29.6 Å². The van der Waals surface area contributed by atoms with E-state index in [2.05, 4.69) is 4.98 Å². The molecule has 7 heteroatoms. The summed E-state index contributed by atoms with van der Waals surface area (Å²) in [5.41, 5.74) is 0.206. The molecular weight excluding hydrogens is 209 g/mol. The van der Waals surface area contributed by atoms with E-state index in [0.717, 1.165) is 0 Å². The summed E-state index contributed by atoms with van der Waals surface area (Å²) in [6.45, 7) is 0. The van der Waals surface area contributed by atoms with Gasteiger partial charge in [0.25, 0.3) is 0 Å². The Morgan fingerprint density at radius 3 is 2.79 bits per heavy atom. The van der Waals surface area contributed by atoms with Gasteiger partial charge in [0.1, 0.15) is 11.8 Å². The first-order valence-electron chi connectivity index (χ1n) is 3.63. The Labute approximate surface area is 79.0 Å². The minimum Gasteiger partial charge on any atom is -0.302 e. The normalized spacial score (nSPS) is 12.1. The molecule has 0 aliphatic carbocycles. The molecule has 2 heterocycles. The van der Waals surface area contributed by atoms with Gasteiger partial charge in [-0.15, -0.1) is 0 Å². The lowest BCUT2D eigenvalue weighted by molar-refractivity contribution is 0.596. The lowest BCUT2D eigenvalue weighted by atomic mass is 10.4. The van der Waals surface area contributed by atoms with E-state index in [1.54, 1.807) is 0 Å². The Balaban J connectivity index is 2.76.